The summed E-state index contributed by atoms with van der Waals surface area (Å²) < 4.78 is 10.2. The third-order valence-electron chi connectivity index (χ3n) is 2.90. The molecule has 0 atom stereocenters. The van der Waals surface area contributed by atoms with Gasteiger partial charge in [0, 0.05) is 17.3 Å². The quantitative estimate of drug-likeness (QED) is 0.851. The Morgan fingerprint density at radius 3 is 2.48 bits per heavy atom. The van der Waals surface area contributed by atoms with E-state index in [-0.39, 0.29) is 5.91 Å². The molecule has 0 saturated carbocycles. The van der Waals surface area contributed by atoms with Gasteiger partial charge in [0.2, 0.25) is 0 Å². The summed E-state index contributed by atoms with van der Waals surface area (Å²) in [5, 5.41) is 3.23. The number of rotatable bonds is 4. The van der Waals surface area contributed by atoms with E-state index < -0.39 is 0 Å². The second-order valence-corrected chi connectivity index (χ2v) is 4.67. The zero-order valence-corrected chi connectivity index (χ0v) is 12.4. The minimum absolute atomic E-state index is 0.280. The van der Waals surface area contributed by atoms with Crippen LogP contribution in [0.25, 0.3) is 0 Å². The Morgan fingerprint density at radius 1 is 1.10 bits per heavy atom. The molecule has 0 aliphatic carbocycles. The number of hydrogen-bond acceptors (Lipinski definition) is 4. The minimum Gasteiger partial charge on any atom is -0.495 e. The molecule has 0 spiro atoms. The first-order chi connectivity index (χ1) is 10.0. The number of hydrogen-bond donors (Lipinski definition) is 2. The Kier molecular flexibility index (Phi) is 4.55. The summed E-state index contributed by atoms with van der Waals surface area (Å²) in [6.07, 6.45) is 0. The van der Waals surface area contributed by atoms with Crippen LogP contribution in [0.4, 0.5) is 11.4 Å². The molecule has 21 heavy (non-hydrogen) atoms. The predicted molar refractivity (Wildman–Crippen MR) is 83.4 cm³/mol. The average molecular weight is 307 g/mol. The van der Waals surface area contributed by atoms with Crippen molar-refractivity contribution in [3.8, 4) is 11.5 Å². The summed E-state index contributed by atoms with van der Waals surface area (Å²) in [7, 11) is 3.01. The number of carbonyl (C=O) groups excluding carboxylic acids is 1. The number of benzene rings is 2. The van der Waals surface area contributed by atoms with Gasteiger partial charge in [-0.25, -0.2) is 0 Å². The van der Waals surface area contributed by atoms with Crippen LogP contribution < -0.4 is 20.5 Å². The van der Waals surface area contributed by atoms with Gasteiger partial charge in [-0.1, -0.05) is 11.6 Å². The number of nitrogens with two attached hydrogens (primary N) is 1. The van der Waals surface area contributed by atoms with E-state index in [2.05, 4.69) is 5.32 Å². The average Bonchev–Trinajstić information content (AvgIpc) is 2.49. The fraction of sp³-hybridized carbons (Fsp3) is 0.133. The number of nitrogens with one attached hydrogen (secondary N) is 1. The molecule has 0 unspecified atom stereocenters. The Morgan fingerprint density at radius 2 is 1.81 bits per heavy atom. The largest absolute Gasteiger partial charge is 0.495 e. The number of ether oxygens (including phenoxy) is 2. The maximum atomic E-state index is 12.2. The van der Waals surface area contributed by atoms with Crippen molar-refractivity contribution in [3.63, 3.8) is 0 Å². The topological polar surface area (TPSA) is 73.6 Å². The fourth-order valence-electron chi connectivity index (χ4n) is 1.79. The first-order valence-electron chi connectivity index (χ1n) is 6.13. The number of anilines is 2. The maximum Gasteiger partial charge on any atom is 0.255 e. The molecule has 2 rings (SSSR count). The van der Waals surface area contributed by atoms with Crippen LogP contribution in [0.3, 0.4) is 0 Å². The molecular formula is C15H15ClN2O3. The van der Waals surface area contributed by atoms with Crippen molar-refractivity contribution >= 4 is 28.9 Å². The summed E-state index contributed by atoms with van der Waals surface area (Å²) in [6, 6.07) is 9.82. The molecule has 0 aliphatic rings. The Hall–Kier alpha value is -2.40. The van der Waals surface area contributed by atoms with Crippen LogP contribution >= 0.6 is 11.6 Å². The van der Waals surface area contributed by atoms with Crippen molar-refractivity contribution in [3.05, 3.63) is 47.0 Å². The van der Waals surface area contributed by atoms with E-state index in [1.165, 1.54) is 14.2 Å². The number of nitrogen functional groups attached to an aromatic ring is 1. The van der Waals surface area contributed by atoms with E-state index in [9.17, 15) is 4.79 Å². The first kappa shape index (κ1) is 15.0. The van der Waals surface area contributed by atoms with Crippen molar-refractivity contribution < 1.29 is 14.3 Å². The van der Waals surface area contributed by atoms with Gasteiger partial charge >= 0.3 is 0 Å². The van der Waals surface area contributed by atoms with Crippen LogP contribution in [0.15, 0.2) is 36.4 Å². The Bertz CT molecular complexity index is 674. The highest BCUT2D eigenvalue weighted by Gasteiger charge is 2.10. The smallest absolute Gasteiger partial charge is 0.255 e. The summed E-state index contributed by atoms with van der Waals surface area (Å²) in [6.45, 7) is 0. The van der Waals surface area contributed by atoms with E-state index in [4.69, 9.17) is 26.8 Å². The van der Waals surface area contributed by atoms with E-state index in [1.807, 2.05) is 0 Å². The first-order valence-corrected chi connectivity index (χ1v) is 6.51. The molecule has 2 aromatic carbocycles. The van der Waals surface area contributed by atoms with E-state index in [0.717, 1.165) is 0 Å². The highest BCUT2D eigenvalue weighted by molar-refractivity contribution is 6.32. The monoisotopic (exact) mass is 306 g/mol. The van der Waals surface area contributed by atoms with E-state index >= 15 is 0 Å². The zero-order valence-electron chi connectivity index (χ0n) is 11.6. The molecule has 0 aliphatic heterocycles. The molecule has 0 bridgehead atoms. The molecule has 0 saturated heterocycles. The van der Waals surface area contributed by atoms with E-state index in [0.29, 0.717) is 33.5 Å². The summed E-state index contributed by atoms with van der Waals surface area (Å²) in [5.41, 5.74) is 7.21. The minimum atomic E-state index is -0.280. The molecule has 0 radical (unpaired) electrons. The van der Waals surface area contributed by atoms with Gasteiger partial charge in [-0.2, -0.15) is 0 Å². The van der Waals surface area contributed by atoms with Crippen LogP contribution in [0, 0.1) is 0 Å². The van der Waals surface area contributed by atoms with Gasteiger partial charge in [-0.15, -0.1) is 0 Å². The van der Waals surface area contributed by atoms with Crippen molar-refractivity contribution in [1.82, 2.24) is 0 Å². The summed E-state index contributed by atoms with van der Waals surface area (Å²) >= 11 is 5.94. The molecule has 0 heterocycles. The fourth-order valence-corrected chi connectivity index (χ4v) is 1.99. The molecule has 1 amide bonds. The SMILES string of the molecule is COc1cc(C(=O)Nc2ccc(Cl)c(OC)c2)ccc1N. The van der Waals surface area contributed by atoms with Gasteiger partial charge in [-0.05, 0) is 30.3 Å². The highest BCUT2D eigenvalue weighted by atomic mass is 35.5. The van der Waals surface area contributed by atoms with Crippen LogP contribution in [0.1, 0.15) is 10.4 Å². The van der Waals surface area contributed by atoms with Gasteiger partial charge in [0.25, 0.3) is 5.91 Å². The Balaban J connectivity index is 2.21. The lowest BCUT2D eigenvalue weighted by Gasteiger charge is -2.10. The van der Waals surface area contributed by atoms with Crippen LogP contribution in [0.5, 0.6) is 11.5 Å². The maximum absolute atomic E-state index is 12.2. The second kappa shape index (κ2) is 6.37. The predicted octanol–water partition coefficient (Wildman–Crippen LogP) is 3.19. The molecule has 0 aromatic heterocycles. The standard InChI is InChI=1S/C15H15ClN2O3/c1-20-13-8-10(4-5-11(13)16)18-15(19)9-3-6-12(17)14(7-9)21-2/h3-8H,17H2,1-2H3,(H,18,19). The third kappa shape index (κ3) is 3.38. The van der Waals surface area contributed by atoms with Gasteiger partial charge in [0.1, 0.15) is 11.5 Å². The third-order valence-corrected chi connectivity index (χ3v) is 3.22. The van der Waals surface area contributed by atoms with Crippen molar-refractivity contribution in [2.24, 2.45) is 0 Å². The lowest BCUT2D eigenvalue weighted by Crippen LogP contribution is -2.12. The van der Waals surface area contributed by atoms with Crippen LogP contribution in [0.2, 0.25) is 5.02 Å². The van der Waals surface area contributed by atoms with Gasteiger partial charge in [0.15, 0.2) is 0 Å². The summed E-state index contributed by atoms with van der Waals surface area (Å²) in [5.74, 6) is 0.665. The number of methoxy groups -OCH3 is 2. The lowest BCUT2D eigenvalue weighted by molar-refractivity contribution is 0.102. The Labute approximate surface area is 127 Å². The number of carbonyl (C=O) groups is 1. The number of halogens is 1. The van der Waals surface area contributed by atoms with Crippen molar-refractivity contribution in [2.45, 2.75) is 0 Å². The highest BCUT2D eigenvalue weighted by Crippen LogP contribution is 2.28. The lowest BCUT2D eigenvalue weighted by atomic mass is 10.1. The molecule has 3 N–H and O–H groups in total. The van der Waals surface area contributed by atoms with Gasteiger partial charge < -0.3 is 20.5 Å². The summed E-state index contributed by atoms with van der Waals surface area (Å²) in [4.78, 5) is 12.2. The van der Waals surface area contributed by atoms with E-state index in [1.54, 1.807) is 36.4 Å². The molecule has 110 valence electrons. The zero-order chi connectivity index (χ0) is 15.4. The van der Waals surface area contributed by atoms with Crippen molar-refractivity contribution in [1.29, 1.82) is 0 Å². The van der Waals surface area contributed by atoms with Gasteiger partial charge in [-0.3, -0.25) is 4.79 Å². The molecule has 5 nitrogen and oxygen atoms in total. The molecule has 6 heteroatoms. The molecule has 2 aromatic rings. The van der Waals surface area contributed by atoms with Crippen LogP contribution in [-0.2, 0) is 0 Å². The number of amides is 1. The molecule has 0 fully saturated rings. The normalized spacial score (nSPS) is 10.0. The van der Waals surface area contributed by atoms with Crippen molar-refractivity contribution in [2.75, 3.05) is 25.3 Å². The molecular weight excluding hydrogens is 292 g/mol. The van der Waals surface area contributed by atoms with Crippen LogP contribution in [-0.4, -0.2) is 20.1 Å². The van der Waals surface area contributed by atoms with Gasteiger partial charge in [0.05, 0.1) is 24.9 Å². The second-order valence-electron chi connectivity index (χ2n) is 4.26.